The number of fused-ring (bicyclic) bond motifs is 2. The van der Waals surface area contributed by atoms with Crippen LogP contribution >= 0.6 is 0 Å². The fourth-order valence-corrected chi connectivity index (χ4v) is 2.79. The van der Waals surface area contributed by atoms with E-state index in [1.165, 1.54) is 11.1 Å². The molecule has 2 heterocycles. The molecule has 0 saturated heterocycles. The van der Waals surface area contributed by atoms with Gasteiger partial charge in [-0.2, -0.15) is 0 Å². The quantitative estimate of drug-likeness (QED) is 0.477. The highest BCUT2D eigenvalue weighted by atomic mass is 16.5. The summed E-state index contributed by atoms with van der Waals surface area (Å²) in [7, 11) is 0. The standard InChI is InChI=1S/C19H16N2O/c1-13-5-7-16-18(10-13)22-19-11-14(2)6-8-17(19)21(16)15-4-3-9-20-12-15/h3-12H,1-2H3. The minimum absolute atomic E-state index is 0.877. The van der Waals surface area contributed by atoms with Crippen LogP contribution in [0.1, 0.15) is 11.1 Å². The van der Waals surface area contributed by atoms with Gasteiger partial charge >= 0.3 is 0 Å². The van der Waals surface area contributed by atoms with E-state index in [0.29, 0.717) is 0 Å². The maximum absolute atomic E-state index is 6.13. The van der Waals surface area contributed by atoms with Gasteiger partial charge < -0.3 is 9.64 Å². The molecule has 1 aliphatic rings. The molecule has 0 spiro atoms. The summed E-state index contributed by atoms with van der Waals surface area (Å²) in [6.45, 7) is 4.15. The van der Waals surface area contributed by atoms with Gasteiger partial charge in [-0.3, -0.25) is 4.98 Å². The van der Waals surface area contributed by atoms with Crippen molar-refractivity contribution < 1.29 is 4.74 Å². The van der Waals surface area contributed by atoms with Crippen LogP contribution in [0.25, 0.3) is 0 Å². The third kappa shape index (κ3) is 2.02. The van der Waals surface area contributed by atoms with E-state index >= 15 is 0 Å². The summed E-state index contributed by atoms with van der Waals surface area (Å²) in [5, 5.41) is 0. The van der Waals surface area contributed by atoms with E-state index in [1.54, 1.807) is 6.20 Å². The Morgan fingerprint density at radius 3 is 2.05 bits per heavy atom. The normalized spacial score (nSPS) is 12.4. The molecule has 2 aromatic carbocycles. The molecule has 0 saturated carbocycles. The molecule has 4 rings (SSSR count). The number of nitrogens with zero attached hydrogens (tertiary/aromatic N) is 2. The Bertz CT molecular complexity index is 792. The number of anilines is 3. The molecule has 0 fully saturated rings. The summed E-state index contributed by atoms with van der Waals surface area (Å²) in [6, 6.07) is 16.6. The van der Waals surface area contributed by atoms with Gasteiger partial charge in [0.2, 0.25) is 0 Å². The number of aryl methyl sites for hydroxylation is 2. The smallest absolute Gasteiger partial charge is 0.151 e. The SMILES string of the molecule is Cc1ccc2c(c1)Oc1cc(C)ccc1N2c1cccnc1. The molecule has 0 radical (unpaired) electrons. The van der Waals surface area contributed by atoms with Crippen molar-refractivity contribution in [1.82, 2.24) is 4.98 Å². The van der Waals surface area contributed by atoms with E-state index in [9.17, 15) is 0 Å². The molecular weight excluding hydrogens is 272 g/mol. The molecule has 3 heteroatoms. The number of hydrogen-bond acceptors (Lipinski definition) is 3. The first-order chi connectivity index (χ1) is 10.7. The second-order valence-electron chi connectivity index (χ2n) is 5.59. The van der Waals surface area contributed by atoms with Crippen molar-refractivity contribution in [2.24, 2.45) is 0 Å². The largest absolute Gasteiger partial charge is 0.453 e. The van der Waals surface area contributed by atoms with Gasteiger partial charge in [0, 0.05) is 6.20 Å². The predicted octanol–water partition coefficient (Wildman–Crippen LogP) is 5.27. The molecule has 3 aromatic rings. The number of hydrogen-bond donors (Lipinski definition) is 0. The Morgan fingerprint density at radius 2 is 1.50 bits per heavy atom. The molecule has 0 N–H and O–H groups in total. The lowest BCUT2D eigenvalue weighted by Crippen LogP contribution is -2.16. The lowest BCUT2D eigenvalue weighted by atomic mass is 10.1. The van der Waals surface area contributed by atoms with Crippen LogP contribution in [0.5, 0.6) is 11.5 Å². The zero-order valence-electron chi connectivity index (χ0n) is 12.6. The van der Waals surface area contributed by atoms with Gasteiger partial charge in [0.05, 0.1) is 23.3 Å². The van der Waals surface area contributed by atoms with Crippen LogP contribution in [0.3, 0.4) is 0 Å². The highest BCUT2D eigenvalue weighted by Crippen LogP contribution is 2.50. The van der Waals surface area contributed by atoms with Crippen molar-refractivity contribution in [2.45, 2.75) is 13.8 Å². The van der Waals surface area contributed by atoms with Crippen molar-refractivity contribution >= 4 is 17.1 Å². The molecule has 0 atom stereocenters. The fourth-order valence-electron chi connectivity index (χ4n) is 2.79. The summed E-state index contributed by atoms with van der Waals surface area (Å²) >= 11 is 0. The molecular formula is C19H16N2O. The van der Waals surface area contributed by atoms with E-state index in [-0.39, 0.29) is 0 Å². The molecule has 0 aliphatic carbocycles. The van der Waals surface area contributed by atoms with Crippen molar-refractivity contribution in [3.05, 3.63) is 72.1 Å². The zero-order chi connectivity index (χ0) is 15.1. The van der Waals surface area contributed by atoms with E-state index in [1.807, 2.05) is 12.3 Å². The Morgan fingerprint density at radius 1 is 0.864 bits per heavy atom. The Balaban J connectivity index is 1.97. The molecule has 22 heavy (non-hydrogen) atoms. The van der Waals surface area contributed by atoms with Crippen LogP contribution in [0.2, 0.25) is 0 Å². The minimum Gasteiger partial charge on any atom is -0.453 e. The number of rotatable bonds is 1. The van der Waals surface area contributed by atoms with Crippen LogP contribution in [-0.2, 0) is 0 Å². The highest BCUT2D eigenvalue weighted by molar-refractivity contribution is 5.86. The van der Waals surface area contributed by atoms with Crippen LogP contribution < -0.4 is 9.64 Å². The second kappa shape index (κ2) is 4.88. The summed E-state index contributed by atoms with van der Waals surface area (Å²) < 4.78 is 6.13. The van der Waals surface area contributed by atoms with Gasteiger partial charge in [-0.15, -0.1) is 0 Å². The molecule has 0 amide bonds. The first-order valence-corrected chi connectivity index (χ1v) is 7.32. The monoisotopic (exact) mass is 288 g/mol. The fraction of sp³-hybridized carbons (Fsp3) is 0.105. The zero-order valence-corrected chi connectivity index (χ0v) is 12.6. The number of pyridine rings is 1. The van der Waals surface area contributed by atoms with Gasteiger partial charge in [-0.05, 0) is 61.4 Å². The highest BCUT2D eigenvalue weighted by Gasteiger charge is 2.25. The van der Waals surface area contributed by atoms with Gasteiger partial charge in [0.1, 0.15) is 0 Å². The summed E-state index contributed by atoms with van der Waals surface area (Å²) in [4.78, 5) is 6.45. The Kier molecular flexibility index (Phi) is 2.86. The topological polar surface area (TPSA) is 25.4 Å². The molecule has 0 bridgehead atoms. The van der Waals surface area contributed by atoms with Crippen molar-refractivity contribution in [1.29, 1.82) is 0 Å². The van der Waals surface area contributed by atoms with Gasteiger partial charge in [0.15, 0.2) is 11.5 Å². The predicted molar refractivity (Wildman–Crippen MR) is 88.5 cm³/mol. The number of aromatic nitrogens is 1. The first-order valence-electron chi connectivity index (χ1n) is 7.32. The van der Waals surface area contributed by atoms with Crippen molar-refractivity contribution in [3.63, 3.8) is 0 Å². The maximum Gasteiger partial charge on any atom is 0.151 e. The molecule has 0 unspecified atom stereocenters. The summed E-state index contributed by atoms with van der Waals surface area (Å²) in [5.41, 5.74) is 5.47. The minimum atomic E-state index is 0.877. The first kappa shape index (κ1) is 12.9. The number of benzene rings is 2. The molecule has 3 nitrogen and oxygen atoms in total. The molecule has 108 valence electrons. The van der Waals surface area contributed by atoms with E-state index in [4.69, 9.17) is 4.74 Å². The lowest BCUT2D eigenvalue weighted by molar-refractivity contribution is 0.476. The van der Waals surface area contributed by atoms with E-state index in [0.717, 1.165) is 28.6 Å². The van der Waals surface area contributed by atoms with Crippen molar-refractivity contribution in [2.75, 3.05) is 4.90 Å². The van der Waals surface area contributed by atoms with Gasteiger partial charge in [0.25, 0.3) is 0 Å². The third-order valence-corrected chi connectivity index (χ3v) is 3.84. The van der Waals surface area contributed by atoms with Gasteiger partial charge in [-0.25, -0.2) is 0 Å². The number of ether oxygens (including phenoxy) is 1. The summed E-state index contributed by atoms with van der Waals surface area (Å²) in [5.74, 6) is 1.75. The van der Waals surface area contributed by atoms with Crippen molar-refractivity contribution in [3.8, 4) is 11.5 Å². The maximum atomic E-state index is 6.13. The van der Waals surface area contributed by atoms with Gasteiger partial charge in [-0.1, -0.05) is 12.1 Å². The lowest BCUT2D eigenvalue weighted by Gasteiger charge is -2.33. The van der Waals surface area contributed by atoms with Crippen LogP contribution in [0.15, 0.2) is 60.9 Å². The molecule has 1 aromatic heterocycles. The third-order valence-electron chi connectivity index (χ3n) is 3.84. The van der Waals surface area contributed by atoms with E-state index < -0.39 is 0 Å². The second-order valence-corrected chi connectivity index (χ2v) is 5.59. The van der Waals surface area contributed by atoms with Crippen LogP contribution in [0, 0.1) is 13.8 Å². The molecule has 1 aliphatic heterocycles. The Labute approximate surface area is 129 Å². The summed E-state index contributed by atoms with van der Waals surface area (Å²) in [6.07, 6.45) is 3.66. The average molecular weight is 288 g/mol. The Hall–Kier alpha value is -2.81. The average Bonchev–Trinajstić information content (AvgIpc) is 2.53. The van der Waals surface area contributed by atoms with Crippen LogP contribution in [0.4, 0.5) is 17.1 Å². The van der Waals surface area contributed by atoms with Crippen LogP contribution in [-0.4, -0.2) is 4.98 Å². The van der Waals surface area contributed by atoms with E-state index in [2.05, 4.69) is 66.2 Å².